The average Bonchev–Trinajstić information content (AvgIpc) is 2.86. The lowest BCUT2D eigenvalue weighted by Crippen LogP contribution is -2.24. The molecule has 0 radical (unpaired) electrons. The van der Waals surface area contributed by atoms with Gasteiger partial charge in [0.05, 0.1) is 12.0 Å². The van der Waals surface area contributed by atoms with E-state index in [0.29, 0.717) is 12.2 Å². The number of benzene rings is 1. The first-order valence-electron chi connectivity index (χ1n) is 6.04. The number of hydrogen-bond donors (Lipinski definition) is 2. The number of imidazole rings is 1. The highest BCUT2D eigenvalue weighted by molar-refractivity contribution is 5.93. The molecule has 0 saturated carbocycles. The summed E-state index contributed by atoms with van der Waals surface area (Å²) >= 11 is 0. The van der Waals surface area contributed by atoms with E-state index in [-0.39, 0.29) is 11.8 Å². The summed E-state index contributed by atoms with van der Waals surface area (Å²) in [5, 5.41) is 2.88. The fourth-order valence-corrected chi connectivity index (χ4v) is 1.79. The van der Waals surface area contributed by atoms with Crippen molar-refractivity contribution < 1.29 is 4.79 Å². The molecule has 1 amide bonds. The highest BCUT2D eigenvalue weighted by Crippen LogP contribution is 2.14. The van der Waals surface area contributed by atoms with Gasteiger partial charge in [-0.15, -0.1) is 0 Å². The van der Waals surface area contributed by atoms with Crippen LogP contribution in [0.15, 0.2) is 36.7 Å². The average molecular weight is 243 g/mol. The van der Waals surface area contributed by atoms with Gasteiger partial charge in [-0.1, -0.05) is 44.2 Å². The Morgan fingerprint density at radius 1 is 1.33 bits per heavy atom. The van der Waals surface area contributed by atoms with Gasteiger partial charge >= 0.3 is 0 Å². The zero-order valence-corrected chi connectivity index (χ0v) is 10.6. The minimum Gasteiger partial charge on any atom is -0.348 e. The lowest BCUT2D eigenvalue weighted by atomic mass is 10.1. The van der Waals surface area contributed by atoms with E-state index < -0.39 is 0 Å². The Labute approximate surface area is 106 Å². The van der Waals surface area contributed by atoms with E-state index in [1.807, 2.05) is 44.2 Å². The molecule has 1 aromatic carbocycles. The normalized spacial score (nSPS) is 10.6. The second kappa shape index (κ2) is 5.49. The first-order chi connectivity index (χ1) is 8.68. The van der Waals surface area contributed by atoms with E-state index in [0.717, 1.165) is 11.3 Å². The molecule has 0 saturated heterocycles. The van der Waals surface area contributed by atoms with Gasteiger partial charge in [-0.2, -0.15) is 0 Å². The fourth-order valence-electron chi connectivity index (χ4n) is 1.79. The van der Waals surface area contributed by atoms with Crippen LogP contribution in [0.4, 0.5) is 0 Å². The van der Waals surface area contributed by atoms with Gasteiger partial charge in [0.15, 0.2) is 0 Å². The Morgan fingerprint density at radius 3 is 2.72 bits per heavy atom. The molecule has 2 rings (SSSR count). The Hall–Kier alpha value is -2.10. The van der Waals surface area contributed by atoms with Crippen LogP contribution in [0.25, 0.3) is 0 Å². The van der Waals surface area contributed by atoms with Crippen molar-refractivity contribution in [1.29, 1.82) is 0 Å². The zero-order chi connectivity index (χ0) is 13.0. The summed E-state index contributed by atoms with van der Waals surface area (Å²) in [6.07, 6.45) is 1.56. The summed E-state index contributed by atoms with van der Waals surface area (Å²) in [5.74, 6) is 0.119. The van der Waals surface area contributed by atoms with Gasteiger partial charge in [0.1, 0.15) is 5.69 Å². The SMILES string of the molecule is CC(C)c1[nH]cnc1C(=O)NCc1ccccc1. The van der Waals surface area contributed by atoms with Gasteiger partial charge < -0.3 is 10.3 Å². The monoisotopic (exact) mass is 243 g/mol. The molecule has 0 spiro atoms. The lowest BCUT2D eigenvalue weighted by Gasteiger charge is -2.07. The molecule has 1 heterocycles. The third-order valence-electron chi connectivity index (χ3n) is 2.76. The van der Waals surface area contributed by atoms with Crippen molar-refractivity contribution in [2.45, 2.75) is 26.3 Å². The number of nitrogens with one attached hydrogen (secondary N) is 2. The third-order valence-corrected chi connectivity index (χ3v) is 2.76. The largest absolute Gasteiger partial charge is 0.348 e. The molecule has 0 aliphatic rings. The van der Waals surface area contributed by atoms with Crippen LogP contribution in [-0.2, 0) is 6.54 Å². The summed E-state index contributed by atoms with van der Waals surface area (Å²) in [6.45, 7) is 4.58. The fraction of sp³-hybridized carbons (Fsp3) is 0.286. The minimum atomic E-state index is -0.135. The van der Waals surface area contributed by atoms with E-state index >= 15 is 0 Å². The number of amides is 1. The van der Waals surface area contributed by atoms with Crippen LogP contribution in [0.3, 0.4) is 0 Å². The predicted octanol–water partition coefficient (Wildman–Crippen LogP) is 2.46. The van der Waals surface area contributed by atoms with Crippen molar-refractivity contribution in [1.82, 2.24) is 15.3 Å². The lowest BCUT2D eigenvalue weighted by molar-refractivity contribution is 0.0945. The summed E-state index contributed by atoms with van der Waals surface area (Å²) in [5.41, 5.74) is 2.44. The molecule has 2 N–H and O–H groups in total. The number of carbonyl (C=O) groups is 1. The smallest absolute Gasteiger partial charge is 0.272 e. The van der Waals surface area contributed by atoms with Crippen molar-refractivity contribution in [3.8, 4) is 0 Å². The Morgan fingerprint density at radius 2 is 2.06 bits per heavy atom. The molecule has 1 aromatic heterocycles. The summed E-state index contributed by atoms with van der Waals surface area (Å²) in [6, 6.07) is 9.82. The van der Waals surface area contributed by atoms with Gasteiger partial charge in [-0.3, -0.25) is 4.79 Å². The van der Waals surface area contributed by atoms with Gasteiger partial charge in [-0.05, 0) is 11.5 Å². The molecule has 4 heteroatoms. The molecule has 0 atom stereocenters. The highest BCUT2D eigenvalue weighted by atomic mass is 16.1. The summed E-state index contributed by atoms with van der Waals surface area (Å²) in [7, 11) is 0. The van der Waals surface area contributed by atoms with Gasteiger partial charge in [-0.25, -0.2) is 4.98 Å². The Kier molecular flexibility index (Phi) is 3.77. The molecule has 0 aliphatic heterocycles. The molecule has 0 aliphatic carbocycles. The molecule has 0 fully saturated rings. The number of nitrogens with zero attached hydrogens (tertiary/aromatic N) is 1. The van der Waals surface area contributed by atoms with Crippen molar-refractivity contribution in [2.24, 2.45) is 0 Å². The number of hydrogen-bond acceptors (Lipinski definition) is 2. The maximum atomic E-state index is 12.0. The summed E-state index contributed by atoms with van der Waals surface area (Å²) < 4.78 is 0. The van der Waals surface area contributed by atoms with Gasteiger partial charge in [0.25, 0.3) is 5.91 Å². The number of rotatable bonds is 4. The van der Waals surface area contributed by atoms with E-state index in [4.69, 9.17) is 0 Å². The van der Waals surface area contributed by atoms with Crippen LogP contribution in [0.1, 0.15) is 41.5 Å². The standard InChI is InChI=1S/C14H17N3O/c1-10(2)12-13(17-9-16-12)14(18)15-8-11-6-4-3-5-7-11/h3-7,9-10H,8H2,1-2H3,(H,15,18)(H,16,17). The van der Waals surface area contributed by atoms with Crippen LogP contribution in [0.2, 0.25) is 0 Å². The maximum absolute atomic E-state index is 12.0. The van der Waals surface area contributed by atoms with Gasteiger partial charge in [0, 0.05) is 6.54 Å². The number of aromatic amines is 1. The first-order valence-corrected chi connectivity index (χ1v) is 6.04. The molecule has 0 bridgehead atoms. The second-order valence-corrected chi connectivity index (χ2v) is 4.49. The van der Waals surface area contributed by atoms with Crippen LogP contribution >= 0.6 is 0 Å². The molecular weight excluding hydrogens is 226 g/mol. The Balaban J connectivity index is 2.02. The molecule has 18 heavy (non-hydrogen) atoms. The van der Waals surface area contributed by atoms with E-state index in [9.17, 15) is 4.79 Å². The van der Waals surface area contributed by atoms with E-state index in [1.165, 1.54) is 0 Å². The van der Waals surface area contributed by atoms with Gasteiger partial charge in [0.2, 0.25) is 0 Å². The number of carbonyl (C=O) groups excluding carboxylic acids is 1. The second-order valence-electron chi connectivity index (χ2n) is 4.49. The molecular formula is C14H17N3O. The summed E-state index contributed by atoms with van der Waals surface area (Å²) in [4.78, 5) is 19.1. The predicted molar refractivity (Wildman–Crippen MR) is 70.3 cm³/mol. The third kappa shape index (κ3) is 2.77. The van der Waals surface area contributed by atoms with Crippen LogP contribution < -0.4 is 5.32 Å². The first kappa shape index (κ1) is 12.4. The topological polar surface area (TPSA) is 57.8 Å². The highest BCUT2D eigenvalue weighted by Gasteiger charge is 2.16. The molecule has 94 valence electrons. The molecule has 0 unspecified atom stereocenters. The number of aromatic nitrogens is 2. The molecule has 4 nitrogen and oxygen atoms in total. The van der Waals surface area contributed by atoms with E-state index in [2.05, 4.69) is 15.3 Å². The van der Waals surface area contributed by atoms with Crippen molar-refractivity contribution in [2.75, 3.05) is 0 Å². The Bertz CT molecular complexity index is 517. The van der Waals surface area contributed by atoms with Crippen molar-refractivity contribution in [3.05, 3.63) is 53.6 Å². The quantitative estimate of drug-likeness (QED) is 0.866. The van der Waals surface area contributed by atoms with Crippen LogP contribution in [-0.4, -0.2) is 15.9 Å². The van der Waals surface area contributed by atoms with Crippen LogP contribution in [0.5, 0.6) is 0 Å². The number of H-pyrrole nitrogens is 1. The maximum Gasteiger partial charge on any atom is 0.272 e. The molecule has 2 aromatic rings. The zero-order valence-electron chi connectivity index (χ0n) is 10.6. The van der Waals surface area contributed by atoms with E-state index in [1.54, 1.807) is 6.33 Å². The van der Waals surface area contributed by atoms with Crippen molar-refractivity contribution >= 4 is 5.91 Å². The minimum absolute atomic E-state index is 0.135. The van der Waals surface area contributed by atoms with Crippen molar-refractivity contribution in [3.63, 3.8) is 0 Å². The van der Waals surface area contributed by atoms with Crippen LogP contribution in [0, 0.1) is 0 Å².